The number of hydrogen-bond acceptors (Lipinski definition) is 3. The molecule has 4 heteroatoms. The highest BCUT2D eigenvalue weighted by Gasteiger charge is 2.10. The third-order valence-corrected chi connectivity index (χ3v) is 2.65. The zero-order chi connectivity index (χ0) is 11.8. The van der Waals surface area contributed by atoms with Gasteiger partial charge in [-0.05, 0) is 12.8 Å². The molecule has 0 bridgehead atoms. The van der Waals surface area contributed by atoms with Gasteiger partial charge in [-0.3, -0.25) is 0 Å². The predicted octanol–water partition coefficient (Wildman–Crippen LogP) is 2.68. The Morgan fingerprint density at radius 1 is 1.19 bits per heavy atom. The van der Waals surface area contributed by atoms with Gasteiger partial charge in [0.1, 0.15) is 6.07 Å². The smallest absolute Gasteiger partial charge is 0.185 e. The van der Waals surface area contributed by atoms with Crippen LogP contribution in [0.2, 0.25) is 0 Å². The quantitative estimate of drug-likeness (QED) is 0.664. The maximum atomic E-state index is 8.90. The van der Waals surface area contributed by atoms with Gasteiger partial charge < -0.3 is 0 Å². The zero-order valence-corrected chi connectivity index (χ0v) is 10.2. The first kappa shape index (κ1) is 12.7. The van der Waals surface area contributed by atoms with Crippen LogP contribution in [0, 0.1) is 11.3 Å². The monoisotopic (exact) mass is 220 g/mol. The van der Waals surface area contributed by atoms with E-state index in [1.165, 1.54) is 19.3 Å². The Morgan fingerprint density at radius 2 is 2.00 bits per heavy atom. The van der Waals surface area contributed by atoms with Crippen molar-refractivity contribution in [3.63, 3.8) is 0 Å². The van der Waals surface area contributed by atoms with Crippen LogP contribution < -0.4 is 0 Å². The summed E-state index contributed by atoms with van der Waals surface area (Å²) in [6.45, 7) is 5.20. The van der Waals surface area contributed by atoms with Crippen LogP contribution >= 0.6 is 0 Å². The van der Waals surface area contributed by atoms with Crippen molar-refractivity contribution in [3.8, 4) is 6.07 Å². The minimum absolute atomic E-state index is 0.498. The standard InChI is InChI=1S/C12H20N4/c1-3-5-6-7-9-16-12(8-4-2)11(10-13)14-15-16/h3-9H2,1-2H3. The highest BCUT2D eigenvalue weighted by atomic mass is 15.4. The molecule has 0 fully saturated rings. The van der Waals surface area contributed by atoms with Crippen molar-refractivity contribution < 1.29 is 0 Å². The van der Waals surface area contributed by atoms with Gasteiger partial charge in [0.15, 0.2) is 5.69 Å². The van der Waals surface area contributed by atoms with Crippen molar-refractivity contribution in [2.75, 3.05) is 0 Å². The molecule has 1 rings (SSSR count). The molecular weight excluding hydrogens is 200 g/mol. The molecule has 0 aliphatic rings. The van der Waals surface area contributed by atoms with Gasteiger partial charge in [0, 0.05) is 6.54 Å². The third kappa shape index (κ3) is 3.34. The molecule has 0 amide bonds. The van der Waals surface area contributed by atoms with Crippen molar-refractivity contribution in [2.45, 2.75) is 58.9 Å². The molecule has 0 aliphatic carbocycles. The van der Waals surface area contributed by atoms with E-state index in [0.29, 0.717) is 5.69 Å². The summed E-state index contributed by atoms with van der Waals surface area (Å²) in [4.78, 5) is 0. The fourth-order valence-corrected chi connectivity index (χ4v) is 1.77. The SMILES string of the molecule is CCCCCCn1nnc(C#N)c1CCC. The fourth-order valence-electron chi connectivity index (χ4n) is 1.77. The Morgan fingerprint density at radius 3 is 2.62 bits per heavy atom. The average molecular weight is 220 g/mol. The number of unbranched alkanes of at least 4 members (excludes halogenated alkanes) is 3. The van der Waals surface area contributed by atoms with Gasteiger partial charge in [0.2, 0.25) is 0 Å². The first-order valence-electron chi connectivity index (χ1n) is 6.15. The van der Waals surface area contributed by atoms with Gasteiger partial charge in [-0.2, -0.15) is 5.26 Å². The van der Waals surface area contributed by atoms with Gasteiger partial charge in [0.05, 0.1) is 5.69 Å². The van der Waals surface area contributed by atoms with Crippen LogP contribution in [0.25, 0.3) is 0 Å². The van der Waals surface area contributed by atoms with Crippen LogP contribution in [0.5, 0.6) is 0 Å². The van der Waals surface area contributed by atoms with E-state index in [9.17, 15) is 0 Å². The summed E-state index contributed by atoms with van der Waals surface area (Å²) in [5.74, 6) is 0. The number of nitrogens with zero attached hydrogens (tertiary/aromatic N) is 4. The van der Waals surface area contributed by atoms with Crippen molar-refractivity contribution in [1.82, 2.24) is 15.0 Å². The second-order valence-corrected chi connectivity index (χ2v) is 4.03. The summed E-state index contributed by atoms with van der Waals surface area (Å²) in [7, 11) is 0. The molecule has 0 spiro atoms. The molecule has 0 N–H and O–H groups in total. The Kier molecular flexibility index (Phi) is 5.55. The lowest BCUT2D eigenvalue weighted by molar-refractivity contribution is 0.510. The minimum atomic E-state index is 0.498. The van der Waals surface area contributed by atoms with Crippen LogP contribution in [-0.4, -0.2) is 15.0 Å². The maximum absolute atomic E-state index is 8.90. The van der Waals surface area contributed by atoms with Gasteiger partial charge in [0.25, 0.3) is 0 Å². The summed E-state index contributed by atoms with van der Waals surface area (Å²) in [6.07, 6.45) is 6.77. The van der Waals surface area contributed by atoms with Crippen molar-refractivity contribution in [3.05, 3.63) is 11.4 Å². The second kappa shape index (κ2) is 7.00. The second-order valence-electron chi connectivity index (χ2n) is 4.03. The van der Waals surface area contributed by atoms with Gasteiger partial charge >= 0.3 is 0 Å². The van der Waals surface area contributed by atoms with Crippen molar-refractivity contribution in [2.24, 2.45) is 0 Å². The fraction of sp³-hybridized carbons (Fsp3) is 0.750. The van der Waals surface area contributed by atoms with E-state index >= 15 is 0 Å². The summed E-state index contributed by atoms with van der Waals surface area (Å²) < 4.78 is 1.90. The van der Waals surface area contributed by atoms with E-state index in [0.717, 1.165) is 31.5 Å². The van der Waals surface area contributed by atoms with Crippen LogP contribution in [-0.2, 0) is 13.0 Å². The Bertz CT molecular complexity index is 348. The highest BCUT2D eigenvalue weighted by Crippen LogP contribution is 2.09. The molecule has 0 aliphatic heterocycles. The summed E-state index contributed by atoms with van der Waals surface area (Å²) in [5.41, 5.74) is 1.50. The van der Waals surface area contributed by atoms with E-state index in [1.807, 2.05) is 4.68 Å². The Hall–Kier alpha value is -1.37. The van der Waals surface area contributed by atoms with E-state index in [1.54, 1.807) is 0 Å². The van der Waals surface area contributed by atoms with E-state index < -0.39 is 0 Å². The molecule has 0 aromatic carbocycles. The first-order valence-corrected chi connectivity index (χ1v) is 6.15. The summed E-state index contributed by atoms with van der Waals surface area (Å²) in [6, 6.07) is 2.11. The van der Waals surface area contributed by atoms with Crippen LogP contribution in [0.3, 0.4) is 0 Å². The van der Waals surface area contributed by atoms with Crippen molar-refractivity contribution in [1.29, 1.82) is 5.26 Å². The molecule has 0 radical (unpaired) electrons. The number of rotatable bonds is 7. The van der Waals surface area contributed by atoms with E-state index in [-0.39, 0.29) is 0 Å². The predicted molar refractivity (Wildman–Crippen MR) is 62.9 cm³/mol. The number of hydrogen-bond donors (Lipinski definition) is 0. The Labute approximate surface area is 97.3 Å². The first-order chi connectivity index (χ1) is 7.83. The average Bonchev–Trinajstić information content (AvgIpc) is 2.68. The summed E-state index contributed by atoms with van der Waals surface area (Å²) in [5, 5.41) is 16.9. The number of aryl methyl sites for hydroxylation is 1. The number of nitriles is 1. The molecule has 16 heavy (non-hydrogen) atoms. The summed E-state index contributed by atoms with van der Waals surface area (Å²) >= 11 is 0. The normalized spacial score (nSPS) is 10.3. The maximum Gasteiger partial charge on any atom is 0.185 e. The largest absolute Gasteiger partial charge is 0.248 e. The molecule has 0 unspecified atom stereocenters. The lowest BCUT2D eigenvalue weighted by Crippen LogP contribution is -2.06. The van der Waals surface area contributed by atoms with Gasteiger partial charge in [-0.25, -0.2) is 4.68 Å². The molecule has 1 heterocycles. The Balaban J connectivity index is 2.58. The minimum Gasteiger partial charge on any atom is -0.248 e. The lowest BCUT2D eigenvalue weighted by Gasteiger charge is -2.04. The topological polar surface area (TPSA) is 54.5 Å². The molecule has 1 aromatic heterocycles. The third-order valence-electron chi connectivity index (χ3n) is 2.65. The van der Waals surface area contributed by atoms with E-state index in [4.69, 9.17) is 5.26 Å². The lowest BCUT2D eigenvalue weighted by atomic mass is 10.2. The van der Waals surface area contributed by atoms with Crippen LogP contribution in [0.4, 0.5) is 0 Å². The number of aromatic nitrogens is 3. The molecule has 88 valence electrons. The highest BCUT2D eigenvalue weighted by molar-refractivity contribution is 5.24. The molecular formula is C12H20N4. The van der Waals surface area contributed by atoms with Crippen molar-refractivity contribution >= 4 is 0 Å². The molecule has 0 saturated heterocycles. The van der Waals surface area contributed by atoms with Crippen LogP contribution in [0.1, 0.15) is 57.3 Å². The van der Waals surface area contributed by atoms with Gasteiger partial charge in [-0.1, -0.05) is 44.7 Å². The van der Waals surface area contributed by atoms with E-state index in [2.05, 4.69) is 30.2 Å². The molecule has 0 atom stereocenters. The van der Waals surface area contributed by atoms with Gasteiger partial charge in [-0.15, -0.1) is 5.10 Å². The molecule has 0 saturated carbocycles. The molecule has 4 nitrogen and oxygen atoms in total. The zero-order valence-electron chi connectivity index (χ0n) is 10.2. The molecule has 1 aromatic rings. The van der Waals surface area contributed by atoms with Crippen LogP contribution in [0.15, 0.2) is 0 Å².